The summed E-state index contributed by atoms with van der Waals surface area (Å²) in [5.41, 5.74) is 2.57. The van der Waals surface area contributed by atoms with E-state index in [4.69, 9.17) is 0 Å². The lowest BCUT2D eigenvalue weighted by Gasteiger charge is -2.15. The summed E-state index contributed by atoms with van der Waals surface area (Å²) in [6.45, 7) is 6.70. The van der Waals surface area contributed by atoms with Gasteiger partial charge in [0, 0.05) is 37.2 Å². The van der Waals surface area contributed by atoms with Gasteiger partial charge in [-0.05, 0) is 38.0 Å². The Bertz CT molecular complexity index is 915. The number of fused-ring (bicyclic) bond motifs is 1. The predicted molar refractivity (Wildman–Crippen MR) is 102 cm³/mol. The maximum absolute atomic E-state index is 14.3. The molecule has 0 saturated carbocycles. The van der Waals surface area contributed by atoms with Crippen LogP contribution in [0.5, 0.6) is 0 Å². The van der Waals surface area contributed by atoms with Gasteiger partial charge in [0.25, 0.3) is 11.8 Å². The molecule has 0 saturated heterocycles. The van der Waals surface area contributed by atoms with Gasteiger partial charge in [-0.25, -0.2) is 4.39 Å². The van der Waals surface area contributed by atoms with Gasteiger partial charge < -0.3 is 10.2 Å². The van der Waals surface area contributed by atoms with E-state index in [1.165, 1.54) is 23.1 Å². The molecule has 0 radical (unpaired) electrons. The van der Waals surface area contributed by atoms with Crippen molar-refractivity contribution in [3.63, 3.8) is 0 Å². The smallest absolute Gasteiger partial charge is 0.274 e. The molecule has 1 aromatic carbocycles. The summed E-state index contributed by atoms with van der Waals surface area (Å²) >= 11 is 0. The van der Waals surface area contributed by atoms with Gasteiger partial charge in [-0.3, -0.25) is 14.3 Å². The first kappa shape index (κ1) is 19.1. The topological polar surface area (TPSA) is 67.2 Å². The van der Waals surface area contributed by atoms with Gasteiger partial charge in [0.1, 0.15) is 11.5 Å². The van der Waals surface area contributed by atoms with Crippen LogP contribution < -0.4 is 5.32 Å². The van der Waals surface area contributed by atoms with Gasteiger partial charge in [0.2, 0.25) is 0 Å². The fourth-order valence-corrected chi connectivity index (χ4v) is 3.51. The van der Waals surface area contributed by atoms with Crippen molar-refractivity contribution < 1.29 is 14.0 Å². The zero-order valence-corrected chi connectivity index (χ0v) is 16.4. The maximum Gasteiger partial charge on any atom is 0.274 e. The lowest BCUT2D eigenvalue weighted by molar-refractivity contribution is 0.0827. The van der Waals surface area contributed by atoms with Crippen molar-refractivity contribution in [3.05, 3.63) is 46.5 Å². The van der Waals surface area contributed by atoms with Gasteiger partial charge >= 0.3 is 0 Å². The molecule has 1 aromatic heterocycles. The fourth-order valence-electron chi connectivity index (χ4n) is 3.51. The number of hydrogen-bond acceptors (Lipinski definition) is 3. The van der Waals surface area contributed by atoms with E-state index in [1.54, 1.807) is 18.8 Å². The van der Waals surface area contributed by atoms with E-state index in [0.717, 1.165) is 24.1 Å². The van der Waals surface area contributed by atoms with Crippen molar-refractivity contribution in [2.24, 2.45) is 0 Å². The van der Waals surface area contributed by atoms with Crippen LogP contribution in [0.15, 0.2) is 18.2 Å². The summed E-state index contributed by atoms with van der Waals surface area (Å²) in [5, 5.41) is 7.25. The Kier molecular flexibility index (Phi) is 4.80. The van der Waals surface area contributed by atoms with Crippen LogP contribution in [-0.4, -0.2) is 40.6 Å². The van der Waals surface area contributed by atoms with Gasteiger partial charge in [-0.15, -0.1) is 0 Å². The Morgan fingerprint density at radius 3 is 2.67 bits per heavy atom. The van der Waals surface area contributed by atoms with Crippen LogP contribution in [0, 0.1) is 5.82 Å². The van der Waals surface area contributed by atoms with E-state index >= 15 is 0 Å². The number of rotatable bonds is 4. The number of nitrogens with one attached hydrogen (secondary N) is 1. The van der Waals surface area contributed by atoms with Crippen molar-refractivity contribution >= 4 is 17.5 Å². The Labute approximate surface area is 158 Å². The van der Waals surface area contributed by atoms with E-state index < -0.39 is 11.7 Å². The van der Waals surface area contributed by atoms with E-state index in [-0.39, 0.29) is 17.0 Å². The molecular formula is C20H25FN4O2. The number of benzene rings is 1. The number of aryl methyl sites for hydroxylation is 1. The van der Waals surface area contributed by atoms with Crippen LogP contribution in [0.25, 0.3) is 0 Å². The van der Waals surface area contributed by atoms with Crippen LogP contribution in [0.2, 0.25) is 0 Å². The molecule has 0 aliphatic heterocycles. The summed E-state index contributed by atoms with van der Waals surface area (Å²) in [6.07, 6.45) is 1.70. The van der Waals surface area contributed by atoms with Crippen LogP contribution in [-0.2, 0) is 18.4 Å². The molecule has 27 heavy (non-hydrogen) atoms. The molecule has 1 aliphatic rings. The average Bonchev–Trinajstić information content (AvgIpc) is 3.13. The third-order valence-electron chi connectivity index (χ3n) is 5.07. The Morgan fingerprint density at radius 2 is 2.04 bits per heavy atom. The summed E-state index contributed by atoms with van der Waals surface area (Å²) < 4.78 is 15.9. The fraction of sp³-hybridized carbons (Fsp3) is 0.450. The predicted octanol–water partition coefficient (Wildman–Crippen LogP) is 3.22. The van der Waals surface area contributed by atoms with Crippen molar-refractivity contribution in [2.45, 2.75) is 45.6 Å². The number of aromatic nitrogens is 2. The van der Waals surface area contributed by atoms with Crippen molar-refractivity contribution in [1.82, 2.24) is 14.7 Å². The molecule has 6 nitrogen and oxygen atoms in total. The highest BCUT2D eigenvalue weighted by Crippen LogP contribution is 2.39. The second-order valence-electron chi connectivity index (χ2n) is 7.72. The zero-order valence-electron chi connectivity index (χ0n) is 16.4. The van der Waals surface area contributed by atoms with Crippen molar-refractivity contribution in [3.8, 4) is 0 Å². The average molecular weight is 372 g/mol. The van der Waals surface area contributed by atoms with Crippen LogP contribution >= 0.6 is 0 Å². The first-order valence-electron chi connectivity index (χ1n) is 9.08. The minimum absolute atomic E-state index is 0.0115. The number of amides is 2. The third-order valence-corrected chi connectivity index (χ3v) is 5.07. The summed E-state index contributed by atoms with van der Waals surface area (Å²) in [7, 11) is 3.24. The molecular weight excluding hydrogens is 347 g/mol. The molecule has 1 N–H and O–H groups in total. The quantitative estimate of drug-likeness (QED) is 0.896. The van der Waals surface area contributed by atoms with E-state index in [1.807, 2.05) is 6.92 Å². The second-order valence-corrected chi connectivity index (χ2v) is 7.72. The van der Waals surface area contributed by atoms with Gasteiger partial charge in [-0.2, -0.15) is 5.10 Å². The van der Waals surface area contributed by atoms with Crippen molar-refractivity contribution in [2.75, 3.05) is 19.4 Å². The third kappa shape index (κ3) is 3.34. The highest BCUT2D eigenvalue weighted by molar-refractivity contribution is 6.05. The highest BCUT2D eigenvalue weighted by Gasteiger charge is 2.37. The Morgan fingerprint density at radius 1 is 1.33 bits per heavy atom. The van der Waals surface area contributed by atoms with E-state index in [9.17, 15) is 14.0 Å². The lowest BCUT2D eigenvalue weighted by atomic mass is 9.91. The molecule has 3 rings (SSSR count). The molecule has 0 unspecified atom stereocenters. The number of hydrogen-bond donors (Lipinski definition) is 1. The van der Waals surface area contributed by atoms with Crippen LogP contribution in [0.4, 0.5) is 10.1 Å². The molecule has 0 bridgehead atoms. The molecule has 2 aromatic rings. The normalized spacial score (nSPS) is 14.7. The number of halogens is 1. The number of carbonyl (C=O) groups excluding carboxylic acids is 2. The van der Waals surface area contributed by atoms with Gasteiger partial charge in [0.15, 0.2) is 0 Å². The lowest BCUT2D eigenvalue weighted by Crippen LogP contribution is -2.23. The number of carbonyl (C=O) groups is 2. The largest absolute Gasteiger partial charge is 0.345 e. The molecule has 144 valence electrons. The van der Waals surface area contributed by atoms with Crippen LogP contribution in [0.1, 0.15) is 59.3 Å². The summed E-state index contributed by atoms with van der Waals surface area (Å²) in [5.74, 6) is -1.25. The van der Waals surface area contributed by atoms with Crippen LogP contribution in [0.3, 0.4) is 0 Å². The minimum atomic E-state index is -0.585. The SMILES string of the molecule is CCn1nc2c(c1C(=O)Nc1cc(C(=O)N(C)C)ccc1F)CCC2(C)C. The number of anilines is 1. The molecule has 0 spiro atoms. The molecule has 7 heteroatoms. The number of nitrogens with zero attached hydrogens (tertiary/aromatic N) is 3. The van der Waals surface area contributed by atoms with E-state index in [0.29, 0.717) is 17.8 Å². The highest BCUT2D eigenvalue weighted by atomic mass is 19.1. The molecule has 2 amide bonds. The van der Waals surface area contributed by atoms with E-state index in [2.05, 4.69) is 24.3 Å². The Hall–Kier alpha value is -2.70. The molecule has 1 heterocycles. The monoisotopic (exact) mass is 372 g/mol. The van der Waals surface area contributed by atoms with Crippen molar-refractivity contribution in [1.29, 1.82) is 0 Å². The molecule has 0 atom stereocenters. The summed E-state index contributed by atoms with van der Waals surface area (Å²) in [4.78, 5) is 26.5. The second kappa shape index (κ2) is 6.79. The first-order valence-corrected chi connectivity index (χ1v) is 9.08. The molecule has 1 aliphatic carbocycles. The minimum Gasteiger partial charge on any atom is -0.345 e. The Balaban J connectivity index is 1.96. The summed E-state index contributed by atoms with van der Waals surface area (Å²) in [6, 6.07) is 3.97. The standard InChI is InChI=1S/C20H25FN4O2/c1-6-25-16(13-9-10-20(2,3)17(13)23-25)18(26)22-15-11-12(7-8-14(15)21)19(27)24(4)5/h7-8,11H,6,9-10H2,1-5H3,(H,22,26). The van der Waals surface area contributed by atoms with Gasteiger partial charge in [0.05, 0.1) is 11.4 Å². The molecule has 0 fully saturated rings. The zero-order chi connectivity index (χ0) is 19.9. The van der Waals surface area contributed by atoms with Gasteiger partial charge in [-0.1, -0.05) is 13.8 Å². The first-order chi connectivity index (χ1) is 12.7. The maximum atomic E-state index is 14.3.